The third kappa shape index (κ3) is 3.61. The van der Waals surface area contributed by atoms with E-state index in [4.69, 9.17) is 5.10 Å². The molecule has 0 spiro atoms. The fraction of sp³-hybridized carbons (Fsp3) is 0.320. The van der Waals surface area contributed by atoms with E-state index in [1.165, 1.54) is 4.70 Å². The summed E-state index contributed by atoms with van der Waals surface area (Å²) in [6, 6.07) is 12.1. The predicted molar refractivity (Wildman–Crippen MR) is 136 cm³/mol. The van der Waals surface area contributed by atoms with Crippen molar-refractivity contribution in [3.05, 3.63) is 74.4 Å². The van der Waals surface area contributed by atoms with E-state index < -0.39 is 11.2 Å². The second-order valence-corrected chi connectivity index (χ2v) is 9.84. The van der Waals surface area contributed by atoms with E-state index >= 15 is 0 Å². The highest BCUT2D eigenvalue weighted by atomic mass is 32.1. The molecule has 1 aromatic carbocycles. The minimum Gasteiger partial charge on any atom is -0.395 e. The first-order chi connectivity index (χ1) is 16.4. The zero-order chi connectivity index (χ0) is 24.0. The summed E-state index contributed by atoms with van der Waals surface area (Å²) in [5.41, 5.74) is 2.14. The lowest BCUT2D eigenvalue weighted by Crippen LogP contribution is -2.41. The van der Waals surface area contributed by atoms with Crippen molar-refractivity contribution in [3.8, 4) is 11.4 Å². The molecule has 176 valence electrons. The Bertz CT molecular complexity index is 1620. The van der Waals surface area contributed by atoms with Crippen LogP contribution in [-0.2, 0) is 26.7 Å². The molecule has 0 aliphatic rings. The van der Waals surface area contributed by atoms with Gasteiger partial charge in [-0.3, -0.25) is 18.6 Å². The summed E-state index contributed by atoms with van der Waals surface area (Å²) < 4.78 is 7.69. The van der Waals surface area contributed by atoms with E-state index in [0.29, 0.717) is 29.8 Å². The van der Waals surface area contributed by atoms with Crippen molar-refractivity contribution >= 4 is 32.5 Å². The van der Waals surface area contributed by atoms with E-state index in [2.05, 4.69) is 17.5 Å². The lowest BCUT2D eigenvalue weighted by atomic mass is 10.1. The molecule has 8 nitrogen and oxygen atoms in total. The number of fused-ring (bicyclic) bond motifs is 2. The van der Waals surface area contributed by atoms with Crippen molar-refractivity contribution in [2.24, 2.45) is 13.0 Å². The van der Waals surface area contributed by atoms with Gasteiger partial charge in [-0.25, -0.2) is 4.79 Å². The maximum absolute atomic E-state index is 13.6. The van der Waals surface area contributed by atoms with Crippen LogP contribution in [0.1, 0.15) is 19.4 Å². The van der Waals surface area contributed by atoms with Gasteiger partial charge in [-0.1, -0.05) is 32.0 Å². The number of aromatic nitrogens is 5. The van der Waals surface area contributed by atoms with Crippen LogP contribution in [0.2, 0.25) is 0 Å². The van der Waals surface area contributed by atoms with Crippen LogP contribution < -0.4 is 11.2 Å². The van der Waals surface area contributed by atoms with E-state index in [9.17, 15) is 14.7 Å². The molecular formula is C25H27N5O3S. The number of benzene rings is 1. The maximum atomic E-state index is 13.6. The fourth-order valence-electron chi connectivity index (χ4n) is 4.52. The number of aliphatic hydroxyl groups is 1. The topological polar surface area (TPSA) is 87.0 Å². The molecule has 0 atom stereocenters. The van der Waals surface area contributed by atoms with E-state index in [0.717, 1.165) is 21.2 Å². The Labute approximate surface area is 199 Å². The van der Waals surface area contributed by atoms with Gasteiger partial charge in [0.2, 0.25) is 0 Å². The van der Waals surface area contributed by atoms with Crippen LogP contribution in [-0.4, -0.2) is 35.2 Å². The van der Waals surface area contributed by atoms with E-state index in [-0.39, 0.29) is 19.1 Å². The minimum atomic E-state index is -0.440. The summed E-state index contributed by atoms with van der Waals surface area (Å²) in [6.07, 6.45) is 1.93. The number of nitrogens with zero attached hydrogens (tertiary/aromatic N) is 5. The molecule has 9 heteroatoms. The van der Waals surface area contributed by atoms with Gasteiger partial charge in [0.25, 0.3) is 5.56 Å². The van der Waals surface area contributed by atoms with Crippen LogP contribution in [0.3, 0.4) is 0 Å². The van der Waals surface area contributed by atoms with E-state index in [1.54, 1.807) is 15.9 Å². The lowest BCUT2D eigenvalue weighted by Gasteiger charge is -2.12. The average Bonchev–Trinajstić information content (AvgIpc) is 3.51. The molecule has 0 amide bonds. The molecule has 0 saturated carbocycles. The van der Waals surface area contributed by atoms with Gasteiger partial charge in [-0.15, -0.1) is 11.3 Å². The number of thiophene rings is 1. The number of hydrogen-bond donors (Lipinski definition) is 1. The number of rotatable bonds is 7. The van der Waals surface area contributed by atoms with Gasteiger partial charge in [-0.05, 0) is 40.4 Å². The highest BCUT2D eigenvalue weighted by molar-refractivity contribution is 7.17. The van der Waals surface area contributed by atoms with Crippen molar-refractivity contribution in [1.82, 2.24) is 23.5 Å². The first kappa shape index (κ1) is 22.4. The van der Waals surface area contributed by atoms with Crippen LogP contribution in [0.5, 0.6) is 0 Å². The molecule has 0 aliphatic heterocycles. The summed E-state index contributed by atoms with van der Waals surface area (Å²) in [7, 11) is 1.93. The van der Waals surface area contributed by atoms with Crippen LogP contribution in [0.15, 0.2) is 57.6 Å². The zero-order valence-corrected chi connectivity index (χ0v) is 20.2. The summed E-state index contributed by atoms with van der Waals surface area (Å²) in [5, 5.41) is 18.1. The van der Waals surface area contributed by atoms with E-state index in [1.807, 2.05) is 60.6 Å². The van der Waals surface area contributed by atoms with Gasteiger partial charge >= 0.3 is 5.69 Å². The van der Waals surface area contributed by atoms with Crippen LogP contribution in [0.4, 0.5) is 0 Å². The van der Waals surface area contributed by atoms with Crippen LogP contribution in [0.25, 0.3) is 32.5 Å². The second-order valence-electron chi connectivity index (χ2n) is 8.93. The molecule has 0 aliphatic carbocycles. The Morgan fingerprint density at radius 1 is 1.09 bits per heavy atom. The minimum absolute atomic E-state index is 0.0569. The number of hydrogen-bond acceptors (Lipinski definition) is 5. The second kappa shape index (κ2) is 8.73. The molecular weight excluding hydrogens is 450 g/mol. The lowest BCUT2D eigenvalue weighted by molar-refractivity contribution is 0.270. The van der Waals surface area contributed by atoms with Crippen molar-refractivity contribution in [2.45, 2.75) is 33.5 Å². The first-order valence-electron chi connectivity index (χ1n) is 11.3. The SMILES string of the molecule is CC(C)Cn1c(=O)n(CCO)c(=O)c2c(-c3cccn3C)n(Cc3csc4ccccc34)nc21. The van der Waals surface area contributed by atoms with Gasteiger partial charge in [0.15, 0.2) is 5.65 Å². The normalized spacial score (nSPS) is 11.9. The van der Waals surface area contributed by atoms with Gasteiger partial charge in [-0.2, -0.15) is 5.10 Å². The quantitative estimate of drug-likeness (QED) is 0.390. The third-order valence-corrected chi connectivity index (χ3v) is 7.06. The number of aliphatic hydroxyl groups excluding tert-OH is 1. The molecule has 4 aromatic heterocycles. The van der Waals surface area contributed by atoms with Gasteiger partial charge in [0, 0.05) is 24.5 Å². The van der Waals surface area contributed by atoms with Crippen molar-refractivity contribution in [2.75, 3.05) is 6.61 Å². The largest absolute Gasteiger partial charge is 0.395 e. The molecule has 0 unspecified atom stereocenters. The van der Waals surface area contributed by atoms with Crippen LogP contribution in [0, 0.1) is 5.92 Å². The van der Waals surface area contributed by atoms with Gasteiger partial charge in [0.1, 0.15) is 11.1 Å². The molecule has 1 N–H and O–H groups in total. The summed E-state index contributed by atoms with van der Waals surface area (Å²) in [4.78, 5) is 26.9. The monoisotopic (exact) mass is 477 g/mol. The van der Waals surface area contributed by atoms with Crippen molar-refractivity contribution in [1.29, 1.82) is 0 Å². The third-order valence-electron chi connectivity index (χ3n) is 6.05. The van der Waals surface area contributed by atoms with Crippen LogP contribution >= 0.6 is 11.3 Å². The van der Waals surface area contributed by atoms with Crippen molar-refractivity contribution < 1.29 is 5.11 Å². The molecule has 0 bridgehead atoms. The first-order valence-corrected chi connectivity index (χ1v) is 12.2. The molecule has 0 saturated heterocycles. The molecule has 5 aromatic rings. The Kier molecular flexibility index (Phi) is 5.75. The standard InChI is InChI=1S/C25H27N5O3S/c1-16(2)13-29-23-21(24(32)28(11-12-31)25(29)33)22(19-8-6-10-27(19)3)30(26-23)14-17-15-34-20-9-5-4-7-18(17)20/h4-10,15-16,31H,11-14H2,1-3H3. The summed E-state index contributed by atoms with van der Waals surface area (Å²) >= 11 is 1.68. The highest BCUT2D eigenvalue weighted by Crippen LogP contribution is 2.31. The molecule has 4 heterocycles. The fourth-order valence-corrected chi connectivity index (χ4v) is 5.47. The Morgan fingerprint density at radius 2 is 1.88 bits per heavy atom. The smallest absolute Gasteiger partial charge is 0.332 e. The highest BCUT2D eigenvalue weighted by Gasteiger charge is 2.25. The molecule has 0 radical (unpaired) electrons. The summed E-state index contributed by atoms with van der Waals surface area (Å²) in [6.45, 7) is 4.58. The van der Waals surface area contributed by atoms with Gasteiger partial charge < -0.3 is 9.67 Å². The summed E-state index contributed by atoms with van der Waals surface area (Å²) in [5.74, 6) is 0.172. The molecule has 0 fully saturated rings. The predicted octanol–water partition coefficient (Wildman–Crippen LogP) is 3.28. The Balaban J connectivity index is 1.85. The van der Waals surface area contributed by atoms with Crippen molar-refractivity contribution in [3.63, 3.8) is 0 Å². The molecule has 34 heavy (non-hydrogen) atoms. The van der Waals surface area contributed by atoms with Gasteiger partial charge in [0.05, 0.1) is 25.4 Å². The maximum Gasteiger partial charge on any atom is 0.332 e. The number of aryl methyl sites for hydroxylation is 1. The zero-order valence-electron chi connectivity index (χ0n) is 19.4. The average molecular weight is 478 g/mol. The Morgan fingerprint density at radius 3 is 2.59 bits per heavy atom. The Hall–Kier alpha value is -3.43. The molecule has 5 rings (SSSR count).